The predicted molar refractivity (Wildman–Crippen MR) is 138 cm³/mol. The SMILES string of the molecule is CC(CCc1ccc(O)cc1)NCCc1ccc(O)c(O)c1.CN=C(N)NCCC[C@H](N)C(=O)O. The zero-order valence-corrected chi connectivity index (χ0v) is 20.4. The monoisotopic (exact) mass is 489 g/mol. The van der Waals surface area contributed by atoms with E-state index < -0.39 is 12.0 Å². The van der Waals surface area contributed by atoms with Gasteiger partial charge in [-0.25, -0.2) is 0 Å². The molecule has 1 unspecified atom stereocenters. The molecule has 0 heterocycles. The number of guanidine groups is 1. The van der Waals surface area contributed by atoms with Crippen LogP contribution in [-0.4, -0.2) is 64.6 Å². The van der Waals surface area contributed by atoms with Crippen LogP contribution in [0, 0.1) is 0 Å². The lowest BCUT2D eigenvalue weighted by Crippen LogP contribution is -2.34. The molecule has 194 valence electrons. The van der Waals surface area contributed by atoms with Gasteiger partial charge in [0.1, 0.15) is 11.8 Å². The maximum atomic E-state index is 10.3. The number of carboxylic acid groups (broad SMARTS) is 1. The number of carbonyl (C=O) groups is 1. The van der Waals surface area contributed by atoms with E-state index in [-0.39, 0.29) is 11.5 Å². The number of hydrogen-bond acceptors (Lipinski definition) is 7. The summed E-state index contributed by atoms with van der Waals surface area (Å²) in [6, 6.07) is 11.8. The normalized spacial score (nSPS) is 12.8. The standard InChI is InChI=1S/C18H23NO3.C7H16N4O2/c1-13(2-3-14-4-7-16(20)8-5-14)19-11-10-15-6-9-17(21)18(22)12-15;1-10-7(9)11-4-2-3-5(8)6(12)13/h4-9,12-13,19-22H,2-3,10-11H2,1H3;5H,2-4,8H2,1H3,(H,12,13)(H3,9,10,11)/t;5-/m.0/s1. The average Bonchev–Trinajstić information content (AvgIpc) is 2.83. The number of phenols is 3. The molecule has 0 radical (unpaired) electrons. The molecule has 0 amide bonds. The zero-order chi connectivity index (χ0) is 26.2. The summed E-state index contributed by atoms with van der Waals surface area (Å²) in [5.74, 6) is -0.482. The number of nitrogens with zero attached hydrogens (tertiary/aromatic N) is 1. The quantitative estimate of drug-likeness (QED) is 0.0949. The Hall–Kier alpha value is -3.50. The second-order valence-electron chi connectivity index (χ2n) is 8.26. The fourth-order valence-electron chi connectivity index (χ4n) is 3.08. The molecule has 0 aromatic heterocycles. The molecule has 10 nitrogen and oxygen atoms in total. The highest BCUT2D eigenvalue weighted by molar-refractivity contribution is 5.77. The smallest absolute Gasteiger partial charge is 0.320 e. The molecule has 35 heavy (non-hydrogen) atoms. The van der Waals surface area contributed by atoms with Gasteiger partial charge in [-0.1, -0.05) is 18.2 Å². The Morgan fingerprint density at radius 1 is 0.971 bits per heavy atom. The second-order valence-corrected chi connectivity index (χ2v) is 8.26. The number of carboxylic acids is 1. The minimum atomic E-state index is -0.975. The number of rotatable bonds is 12. The number of aryl methyl sites for hydroxylation is 1. The fraction of sp³-hybridized carbons (Fsp3) is 0.440. The highest BCUT2D eigenvalue weighted by atomic mass is 16.4. The summed E-state index contributed by atoms with van der Waals surface area (Å²) >= 11 is 0. The molecular formula is C25H39N5O5. The van der Waals surface area contributed by atoms with Crippen LogP contribution in [0.1, 0.15) is 37.3 Å². The second kappa shape index (κ2) is 16.2. The lowest BCUT2D eigenvalue weighted by Gasteiger charge is -2.14. The zero-order valence-electron chi connectivity index (χ0n) is 20.4. The van der Waals surface area contributed by atoms with Crippen molar-refractivity contribution >= 4 is 11.9 Å². The fourth-order valence-corrected chi connectivity index (χ4v) is 3.08. The first-order valence-electron chi connectivity index (χ1n) is 11.6. The van der Waals surface area contributed by atoms with Gasteiger partial charge >= 0.3 is 5.97 Å². The van der Waals surface area contributed by atoms with Crippen LogP contribution < -0.4 is 22.1 Å². The van der Waals surface area contributed by atoms with E-state index in [0.717, 1.165) is 31.4 Å². The van der Waals surface area contributed by atoms with Gasteiger partial charge in [0.05, 0.1) is 0 Å². The minimum absolute atomic E-state index is 0.0714. The summed E-state index contributed by atoms with van der Waals surface area (Å²) in [6.45, 7) is 3.56. The molecule has 0 saturated carbocycles. The van der Waals surface area contributed by atoms with Crippen molar-refractivity contribution in [2.45, 2.75) is 51.1 Å². The van der Waals surface area contributed by atoms with Crippen LogP contribution in [-0.2, 0) is 17.6 Å². The van der Waals surface area contributed by atoms with Crippen LogP contribution in [0.4, 0.5) is 0 Å². The third-order valence-corrected chi connectivity index (χ3v) is 5.30. The largest absolute Gasteiger partial charge is 0.508 e. The number of phenolic OH excluding ortho intramolecular Hbond substituents is 3. The van der Waals surface area contributed by atoms with Crippen LogP contribution in [0.3, 0.4) is 0 Å². The third kappa shape index (κ3) is 13.1. The number of nitrogens with two attached hydrogens (primary N) is 2. The number of aliphatic imine (C=N–C) groups is 1. The maximum Gasteiger partial charge on any atom is 0.320 e. The first-order chi connectivity index (χ1) is 16.6. The van der Waals surface area contributed by atoms with Gasteiger partial charge in [-0.05, 0) is 81.0 Å². The van der Waals surface area contributed by atoms with Gasteiger partial charge in [-0.3, -0.25) is 9.79 Å². The van der Waals surface area contributed by atoms with Gasteiger partial charge in [0.15, 0.2) is 17.5 Å². The van der Waals surface area contributed by atoms with Crippen molar-refractivity contribution in [2.24, 2.45) is 16.5 Å². The lowest BCUT2D eigenvalue weighted by molar-refractivity contribution is -0.138. The molecule has 10 N–H and O–H groups in total. The van der Waals surface area contributed by atoms with Crippen LogP contribution in [0.5, 0.6) is 17.2 Å². The number of aliphatic carboxylic acids is 1. The molecule has 0 aliphatic rings. The summed E-state index contributed by atoms with van der Waals surface area (Å²) < 4.78 is 0. The van der Waals surface area contributed by atoms with Crippen molar-refractivity contribution in [3.8, 4) is 17.2 Å². The number of hydrogen-bond donors (Lipinski definition) is 8. The Labute approximate surface area is 206 Å². The van der Waals surface area contributed by atoms with Crippen LogP contribution >= 0.6 is 0 Å². The minimum Gasteiger partial charge on any atom is -0.508 e. The Morgan fingerprint density at radius 2 is 1.63 bits per heavy atom. The molecule has 0 saturated heterocycles. The van der Waals surface area contributed by atoms with Gasteiger partial charge in [0.2, 0.25) is 0 Å². The van der Waals surface area contributed by atoms with Crippen LogP contribution in [0.15, 0.2) is 47.5 Å². The summed E-state index contributed by atoms with van der Waals surface area (Å²) in [7, 11) is 1.57. The number of benzene rings is 2. The molecule has 0 aliphatic heterocycles. The molecule has 0 aliphatic carbocycles. The third-order valence-electron chi connectivity index (χ3n) is 5.30. The Balaban J connectivity index is 0.000000405. The van der Waals surface area contributed by atoms with E-state index in [1.165, 1.54) is 11.6 Å². The predicted octanol–water partition coefficient (Wildman–Crippen LogP) is 1.67. The van der Waals surface area contributed by atoms with Crippen LogP contribution in [0.25, 0.3) is 0 Å². The highest BCUT2D eigenvalue weighted by Crippen LogP contribution is 2.24. The first kappa shape index (κ1) is 29.5. The average molecular weight is 490 g/mol. The molecular weight excluding hydrogens is 450 g/mol. The van der Waals surface area contributed by atoms with Gasteiger partial charge in [-0.15, -0.1) is 0 Å². The van der Waals surface area contributed by atoms with Crippen molar-refractivity contribution in [3.63, 3.8) is 0 Å². The molecule has 2 aromatic rings. The van der Waals surface area contributed by atoms with E-state index in [1.807, 2.05) is 18.2 Å². The Morgan fingerprint density at radius 3 is 2.23 bits per heavy atom. The van der Waals surface area contributed by atoms with Gasteiger partial charge in [-0.2, -0.15) is 0 Å². The van der Waals surface area contributed by atoms with Crippen LogP contribution in [0.2, 0.25) is 0 Å². The molecule has 0 bridgehead atoms. The Bertz CT molecular complexity index is 921. The van der Waals surface area contributed by atoms with Crippen molar-refractivity contribution in [3.05, 3.63) is 53.6 Å². The Kier molecular flexibility index (Phi) is 13.7. The van der Waals surface area contributed by atoms with E-state index in [9.17, 15) is 20.1 Å². The topological polar surface area (TPSA) is 186 Å². The van der Waals surface area contributed by atoms with Crippen molar-refractivity contribution in [1.82, 2.24) is 10.6 Å². The van der Waals surface area contributed by atoms with E-state index in [2.05, 4.69) is 22.5 Å². The summed E-state index contributed by atoms with van der Waals surface area (Å²) in [6.07, 6.45) is 3.88. The van der Waals surface area contributed by atoms with E-state index in [1.54, 1.807) is 25.2 Å². The highest BCUT2D eigenvalue weighted by Gasteiger charge is 2.09. The maximum absolute atomic E-state index is 10.3. The number of aromatic hydroxyl groups is 3. The van der Waals surface area contributed by atoms with E-state index in [4.69, 9.17) is 16.6 Å². The molecule has 10 heteroatoms. The molecule has 0 fully saturated rings. The van der Waals surface area contributed by atoms with Gasteiger partial charge in [0.25, 0.3) is 0 Å². The van der Waals surface area contributed by atoms with E-state index >= 15 is 0 Å². The van der Waals surface area contributed by atoms with Crippen molar-refractivity contribution in [2.75, 3.05) is 20.1 Å². The number of nitrogens with one attached hydrogen (secondary N) is 2. The van der Waals surface area contributed by atoms with Crippen molar-refractivity contribution < 1.29 is 25.2 Å². The summed E-state index contributed by atoms with van der Waals surface area (Å²) in [4.78, 5) is 14.0. The molecule has 2 atom stereocenters. The molecule has 2 aromatic carbocycles. The van der Waals surface area contributed by atoms with Gasteiger partial charge < -0.3 is 42.5 Å². The van der Waals surface area contributed by atoms with Crippen molar-refractivity contribution in [1.29, 1.82) is 0 Å². The molecule has 0 spiro atoms. The van der Waals surface area contributed by atoms with Gasteiger partial charge in [0, 0.05) is 19.6 Å². The summed E-state index contributed by atoms with van der Waals surface area (Å²) in [5.41, 5.74) is 12.8. The molecule has 2 rings (SSSR count). The first-order valence-corrected chi connectivity index (χ1v) is 11.6. The lowest BCUT2D eigenvalue weighted by atomic mass is 10.1. The summed E-state index contributed by atoms with van der Waals surface area (Å²) in [5, 5.41) is 42.7. The van der Waals surface area contributed by atoms with E-state index in [0.29, 0.717) is 37.1 Å².